The van der Waals surface area contributed by atoms with E-state index in [1.165, 1.54) is 11.3 Å². The second-order valence-electron chi connectivity index (χ2n) is 6.66. The first-order chi connectivity index (χ1) is 11.6. The van der Waals surface area contributed by atoms with Gasteiger partial charge in [-0.1, -0.05) is 17.7 Å². The summed E-state index contributed by atoms with van der Waals surface area (Å²) in [4.78, 5) is 7.25. The number of benzene rings is 1. The number of rotatable bonds is 3. The van der Waals surface area contributed by atoms with Crippen LogP contribution in [0.3, 0.4) is 0 Å². The Morgan fingerprint density at radius 2 is 2.04 bits per heavy atom. The lowest BCUT2D eigenvalue weighted by atomic mass is 10.1. The van der Waals surface area contributed by atoms with E-state index in [0.29, 0.717) is 6.04 Å². The molecule has 124 valence electrons. The summed E-state index contributed by atoms with van der Waals surface area (Å²) < 4.78 is 8.29. The predicted molar refractivity (Wildman–Crippen MR) is 94.7 cm³/mol. The van der Waals surface area contributed by atoms with E-state index in [4.69, 9.17) is 9.40 Å². The molecular formula is C20H23N3O. The second-order valence-corrected chi connectivity index (χ2v) is 6.66. The molecule has 4 nitrogen and oxygen atoms in total. The van der Waals surface area contributed by atoms with E-state index in [-0.39, 0.29) is 0 Å². The van der Waals surface area contributed by atoms with Gasteiger partial charge < -0.3 is 8.98 Å². The van der Waals surface area contributed by atoms with Crippen molar-refractivity contribution in [2.24, 2.45) is 0 Å². The van der Waals surface area contributed by atoms with Crippen molar-refractivity contribution < 1.29 is 4.42 Å². The Kier molecular flexibility index (Phi) is 3.77. The van der Waals surface area contributed by atoms with E-state index in [2.05, 4.69) is 59.8 Å². The van der Waals surface area contributed by atoms with E-state index in [1.54, 1.807) is 0 Å². The van der Waals surface area contributed by atoms with E-state index >= 15 is 0 Å². The lowest BCUT2D eigenvalue weighted by molar-refractivity contribution is 0.158. The fourth-order valence-electron chi connectivity index (χ4n) is 3.51. The average molecular weight is 321 g/mol. The fraction of sp³-hybridized carbons (Fsp3) is 0.350. The Bertz CT molecular complexity index is 861. The molecule has 4 heteroatoms. The fourth-order valence-corrected chi connectivity index (χ4v) is 3.51. The van der Waals surface area contributed by atoms with Crippen LogP contribution in [-0.2, 0) is 13.1 Å². The molecular weight excluding hydrogens is 298 g/mol. The van der Waals surface area contributed by atoms with Gasteiger partial charge in [0.1, 0.15) is 5.76 Å². The summed E-state index contributed by atoms with van der Waals surface area (Å²) in [6.07, 6.45) is 2.17. The highest BCUT2D eigenvalue weighted by atomic mass is 16.4. The quantitative estimate of drug-likeness (QED) is 0.720. The zero-order valence-electron chi connectivity index (χ0n) is 14.5. The number of nitrogens with zero attached hydrogens (tertiary/aromatic N) is 3. The van der Waals surface area contributed by atoms with Crippen LogP contribution in [0.25, 0.3) is 11.5 Å². The Morgan fingerprint density at radius 3 is 2.88 bits per heavy atom. The van der Waals surface area contributed by atoms with E-state index < -0.39 is 0 Å². The maximum Gasteiger partial charge on any atom is 0.226 e. The molecule has 0 fully saturated rings. The zero-order valence-corrected chi connectivity index (χ0v) is 14.5. The van der Waals surface area contributed by atoms with Crippen molar-refractivity contribution in [3.05, 3.63) is 65.3 Å². The number of hydrogen-bond acceptors (Lipinski definition) is 3. The van der Waals surface area contributed by atoms with Crippen LogP contribution < -0.4 is 0 Å². The van der Waals surface area contributed by atoms with Gasteiger partial charge in [0, 0.05) is 43.1 Å². The molecule has 3 aromatic rings. The Balaban J connectivity index is 1.58. The molecule has 2 aromatic heterocycles. The summed E-state index contributed by atoms with van der Waals surface area (Å²) in [5.41, 5.74) is 4.68. The largest absolute Gasteiger partial charge is 0.441 e. The van der Waals surface area contributed by atoms with Crippen LogP contribution in [0.4, 0.5) is 0 Å². The molecule has 1 aromatic carbocycles. The third-order valence-electron chi connectivity index (χ3n) is 4.98. The molecule has 0 amide bonds. The second kappa shape index (κ2) is 5.95. The summed E-state index contributed by atoms with van der Waals surface area (Å²) in [6.45, 7) is 9.27. The SMILES string of the molecule is Cc1cccc(-c2nc(CN3CCn4cccc4C3C)c(C)o2)c1. The summed E-state index contributed by atoms with van der Waals surface area (Å²) in [6, 6.07) is 13.0. The van der Waals surface area contributed by atoms with Crippen molar-refractivity contribution in [3.8, 4) is 11.5 Å². The molecule has 0 saturated carbocycles. The molecule has 1 aliphatic heterocycles. The molecule has 0 spiro atoms. The normalized spacial score (nSPS) is 17.9. The van der Waals surface area contributed by atoms with Gasteiger partial charge in [0.05, 0.1) is 5.69 Å². The van der Waals surface area contributed by atoms with Crippen molar-refractivity contribution in [2.45, 2.75) is 39.9 Å². The molecule has 24 heavy (non-hydrogen) atoms. The van der Waals surface area contributed by atoms with Gasteiger partial charge in [-0.15, -0.1) is 0 Å². The minimum Gasteiger partial charge on any atom is -0.441 e. The molecule has 1 unspecified atom stereocenters. The summed E-state index contributed by atoms with van der Waals surface area (Å²) in [5.74, 6) is 1.64. The Hall–Kier alpha value is -2.33. The van der Waals surface area contributed by atoms with Crippen LogP contribution in [0.1, 0.15) is 35.7 Å². The molecule has 3 heterocycles. The van der Waals surface area contributed by atoms with Gasteiger partial charge in [-0.3, -0.25) is 4.90 Å². The van der Waals surface area contributed by atoms with Gasteiger partial charge in [-0.05, 0) is 45.0 Å². The van der Waals surface area contributed by atoms with Crippen molar-refractivity contribution >= 4 is 0 Å². The lowest BCUT2D eigenvalue weighted by Gasteiger charge is -2.34. The van der Waals surface area contributed by atoms with Gasteiger partial charge in [-0.2, -0.15) is 0 Å². The van der Waals surface area contributed by atoms with Crippen molar-refractivity contribution in [1.29, 1.82) is 0 Å². The van der Waals surface area contributed by atoms with E-state index in [0.717, 1.165) is 42.5 Å². The smallest absolute Gasteiger partial charge is 0.226 e. The van der Waals surface area contributed by atoms with Crippen LogP contribution in [0.5, 0.6) is 0 Å². The minimum atomic E-state index is 0.396. The summed E-state index contributed by atoms with van der Waals surface area (Å²) in [5, 5.41) is 0. The maximum atomic E-state index is 5.94. The van der Waals surface area contributed by atoms with Crippen LogP contribution in [0, 0.1) is 13.8 Å². The van der Waals surface area contributed by atoms with Crippen LogP contribution in [-0.4, -0.2) is 21.0 Å². The monoisotopic (exact) mass is 321 g/mol. The third-order valence-corrected chi connectivity index (χ3v) is 4.98. The lowest BCUT2D eigenvalue weighted by Crippen LogP contribution is -2.36. The van der Waals surface area contributed by atoms with Gasteiger partial charge in [0.25, 0.3) is 0 Å². The Labute approximate surface area is 142 Å². The topological polar surface area (TPSA) is 34.2 Å². The van der Waals surface area contributed by atoms with Crippen molar-refractivity contribution in [2.75, 3.05) is 6.54 Å². The van der Waals surface area contributed by atoms with Gasteiger partial charge in [0.15, 0.2) is 0 Å². The highest BCUT2D eigenvalue weighted by molar-refractivity contribution is 5.54. The average Bonchev–Trinajstić information content (AvgIpc) is 3.18. The molecule has 0 aliphatic carbocycles. The highest BCUT2D eigenvalue weighted by Crippen LogP contribution is 2.29. The molecule has 4 rings (SSSR count). The molecule has 0 radical (unpaired) electrons. The molecule has 0 saturated heterocycles. The van der Waals surface area contributed by atoms with Gasteiger partial charge >= 0.3 is 0 Å². The first-order valence-electron chi connectivity index (χ1n) is 8.54. The molecule has 0 bridgehead atoms. The number of fused-ring (bicyclic) bond motifs is 1. The summed E-state index contributed by atoms with van der Waals surface area (Å²) in [7, 11) is 0. The van der Waals surface area contributed by atoms with Crippen molar-refractivity contribution in [3.63, 3.8) is 0 Å². The first-order valence-corrected chi connectivity index (χ1v) is 8.54. The highest BCUT2D eigenvalue weighted by Gasteiger charge is 2.25. The molecule has 1 aliphatic rings. The standard InChI is InChI=1S/C20H23N3O/c1-14-6-4-7-17(12-14)20-21-18(16(3)24-20)13-23-11-10-22-9-5-8-19(22)15(23)2/h4-9,12,15H,10-11,13H2,1-3H3. The van der Waals surface area contributed by atoms with Crippen LogP contribution in [0.2, 0.25) is 0 Å². The number of aryl methyl sites for hydroxylation is 2. The molecule has 1 atom stereocenters. The van der Waals surface area contributed by atoms with Crippen molar-refractivity contribution in [1.82, 2.24) is 14.5 Å². The third kappa shape index (κ3) is 2.67. The minimum absolute atomic E-state index is 0.396. The zero-order chi connectivity index (χ0) is 16.7. The molecule has 0 N–H and O–H groups in total. The van der Waals surface area contributed by atoms with E-state index in [1.807, 2.05) is 13.0 Å². The predicted octanol–water partition coefficient (Wildman–Crippen LogP) is 4.34. The van der Waals surface area contributed by atoms with Gasteiger partial charge in [-0.25, -0.2) is 4.98 Å². The first kappa shape index (κ1) is 15.2. The van der Waals surface area contributed by atoms with Gasteiger partial charge in [0.2, 0.25) is 5.89 Å². The maximum absolute atomic E-state index is 5.94. The Morgan fingerprint density at radius 1 is 1.17 bits per heavy atom. The number of oxazole rings is 1. The van der Waals surface area contributed by atoms with Crippen LogP contribution in [0.15, 0.2) is 47.0 Å². The number of aromatic nitrogens is 2. The summed E-state index contributed by atoms with van der Waals surface area (Å²) >= 11 is 0. The number of hydrogen-bond donors (Lipinski definition) is 0. The van der Waals surface area contributed by atoms with E-state index in [9.17, 15) is 0 Å². The van der Waals surface area contributed by atoms with Crippen LogP contribution >= 0.6 is 0 Å².